The molecule has 3 aromatic rings. The van der Waals surface area contributed by atoms with Gasteiger partial charge in [-0.3, -0.25) is 15.0 Å². The molecule has 0 saturated carbocycles. The molecular weight excluding hydrogens is 442 g/mol. The van der Waals surface area contributed by atoms with Crippen LogP contribution >= 0.6 is 11.6 Å². The van der Waals surface area contributed by atoms with Crippen molar-refractivity contribution in [3.63, 3.8) is 0 Å². The molecule has 0 aromatic heterocycles. The Morgan fingerprint density at radius 1 is 1.09 bits per heavy atom. The van der Waals surface area contributed by atoms with Crippen molar-refractivity contribution in [2.45, 2.75) is 6.61 Å². The van der Waals surface area contributed by atoms with Gasteiger partial charge in [0.25, 0.3) is 11.8 Å². The van der Waals surface area contributed by atoms with Gasteiger partial charge in [-0.05, 0) is 30.3 Å². The van der Waals surface area contributed by atoms with Gasteiger partial charge in [0.15, 0.2) is 11.5 Å². The number of amides is 2. The molecule has 1 aliphatic heterocycles. The minimum Gasteiger partial charge on any atom is -0.493 e. The molecule has 1 fully saturated rings. The van der Waals surface area contributed by atoms with E-state index < -0.39 is 11.8 Å². The Bertz CT molecular complexity index is 1300. The van der Waals surface area contributed by atoms with Crippen LogP contribution in [0.15, 0.2) is 72.3 Å². The second-order valence-corrected chi connectivity index (χ2v) is 7.50. The average Bonchev–Trinajstić information content (AvgIpc) is 3.12. The van der Waals surface area contributed by atoms with Gasteiger partial charge in [-0.25, -0.2) is 5.01 Å². The number of para-hydroxylation sites is 1. The molecule has 1 aliphatic rings. The maximum absolute atomic E-state index is 13.0. The zero-order chi connectivity index (χ0) is 23.4. The van der Waals surface area contributed by atoms with Crippen LogP contribution < -0.4 is 19.9 Å². The fourth-order valence-electron chi connectivity index (χ4n) is 3.38. The van der Waals surface area contributed by atoms with Crippen LogP contribution in [0.1, 0.15) is 16.7 Å². The zero-order valence-corrected chi connectivity index (χ0v) is 18.3. The maximum Gasteiger partial charge on any atom is 0.282 e. The number of anilines is 1. The first-order chi connectivity index (χ1) is 16.0. The number of nitriles is 1. The lowest BCUT2D eigenvalue weighted by atomic mass is 10.1. The summed E-state index contributed by atoms with van der Waals surface area (Å²) in [4.78, 5) is 25.6. The Kier molecular flexibility index (Phi) is 6.29. The van der Waals surface area contributed by atoms with E-state index in [1.165, 1.54) is 18.2 Å². The molecule has 8 heteroatoms. The van der Waals surface area contributed by atoms with E-state index in [0.717, 1.165) is 0 Å². The molecule has 0 spiro atoms. The molecule has 33 heavy (non-hydrogen) atoms. The van der Waals surface area contributed by atoms with Gasteiger partial charge < -0.3 is 9.47 Å². The summed E-state index contributed by atoms with van der Waals surface area (Å²) in [5.41, 5.74) is 4.57. The molecule has 2 amide bonds. The summed E-state index contributed by atoms with van der Waals surface area (Å²) in [6.45, 7) is 0.0776. The summed E-state index contributed by atoms with van der Waals surface area (Å²) in [6, 6.07) is 21.1. The molecule has 0 atom stereocenters. The number of nitrogens with one attached hydrogen (secondary N) is 1. The second kappa shape index (κ2) is 9.47. The molecule has 3 aromatic carbocycles. The summed E-state index contributed by atoms with van der Waals surface area (Å²) in [7, 11) is 1.46. The third kappa shape index (κ3) is 4.52. The predicted molar refractivity (Wildman–Crippen MR) is 124 cm³/mol. The molecular formula is C25H18ClN3O4. The summed E-state index contributed by atoms with van der Waals surface area (Å²) in [5.74, 6) is -0.440. The van der Waals surface area contributed by atoms with Crippen LogP contribution in [-0.2, 0) is 16.2 Å². The smallest absolute Gasteiger partial charge is 0.282 e. The Labute approximate surface area is 195 Å². The van der Waals surface area contributed by atoms with Gasteiger partial charge in [0.2, 0.25) is 0 Å². The number of hydrogen-bond donors (Lipinski definition) is 1. The highest BCUT2D eigenvalue weighted by Gasteiger charge is 2.34. The number of carbonyl (C=O) groups excluding carboxylic acids is 2. The topological polar surface area (TPSA) is 91.7 Å². The van der Waals surface area contributed by atoms with Crippen molar-refractivity contribution in [1.29, 1.82) is 5.26 Å². The number of rotatable bonds is 6. The highest BCUT2D eigenvalue weighted by atomic mass is 35.5. The van der Waals surface area contributed by atoms with Crippen LogP contribution in [0.25, 0.3) is 6.08 Å². The monoisotopic (exact) mass is 459 g/mol. The summed E-state index contributed by atoms with van der Waals surface area (Å²) < 4.78 is 11.4. The first-order valence-electron chi connectivity index (χ1n) is 9.92. The van der Waals surface area contributed by atoms with Crippen molar-refractivity contribution in [2.24, 2.45) is 0 Å². The van der Waals surface area contributed by atoms with E-state index >= 15 is 0 Å². The highest BCUT2D eigenvalue weighted by Crippen LogP contribution is 2.37. The minimum absolute atomic E-state index is 0.0776. The summed E-state index contributed by atoms with van der Waals surface area (Å²) >= 11 is 6.24. The van der Waals surface area contributed by atoms with Gasteiger partial charge in [0.05, 0.1) is 24.4 Å². The molecule has 0 bridgehead atoms. The SMILES string of the molecule is COc1cc(Cl)cc(/C=C2\C(=O)NN(c3ccccc3)C2=O)c1OCc1ccccc1C#N. The molecule has 0 radical (unpaired) electrons. The lowest BCUT2D eigenvalue weighted by Crippen LogP contribution is -2.35. The highest BCUT2D eigenvalue weighted by molar-refractivity contribution is 6.32. The number of hydrazine groups is 1. The van der Waals surface area contributed by atoms with E-state index in [1.54, 1.807) is 60.7 Å². The predicted octanol–water partition coefficient (Wildman–Crippen LogP) is 4.26. The molecule has 1 heterocycles. The van der Waals surface area contributed by atoms with E-state index in [-0.39, 0.29) is 12.2 Å². The number of benzene rings is 3. The van der Waals surface area contributed by atoms with Crippen LogP contribution in [0.5, 0.6) is 11.5 Å². The number of carbonyl (C=O) groups is 2. The first-order valence-corrected chi connectivity index (χ1v) is 10.3. The van der Waals surface area contributed by atoms with E-state index in [4.69, 9.17) is 21.1 Å². The van der Waals surface area contributed by atoms with Crippen LogP contribution in [0, 0.1) is 11.3 Å². The number of halogens is 1. The van der Waals surface area contributed by atoms with Gasteiger partial charge in [0.1, 0.15) is 12.2 Å². The molecule has 7 nitrogen and oxygen atoms in total. The van der Waals surface area contributed by atoms with Gasteiger partial charge in [0, 0.05) is 22.2 Å². The van der Waals surface area contributed by atoms with Gasteiger partial charge in [-0.2, -0.15) is 5.26 Å². The number of ether oxygens (including phenoxy) is 2. The van der Waals surface area contributed by atoms with Crippen molar-refractivity contribution < 1.29 is 19.1 Å². The zero-order valence-electron chi connectivity index (χ0n) is 17.5. The van der Waals surface area contributed by atoms with Crippen molar-refractivity contribution in [1.82, 2.24) is 5.43 Å². The Hall–Kier alpha value is -4.28. The third-order valence-electron chi connectivity index (χ3n) is 4.98. The molecule has 1 saturated heterocycles. The number of methoxy groups -OCH3 is 1. The normalized spacial score (nSPS) is 14.2. The first kappa shape index (κ1) is 21.9. The summed E-state index contributed by atoms with van der Waals surface area (Å²) in [6.07, 6.45) is 1.42. The Morgan fingerprint density at radius 3 is 2.55 bits per heavy atom. The fourth-order valence-corrected chi connectivity index (χ4v) is 3.60. The molecule has 1 N–H and O–H groups in total. The molecule has 164 valence electrons. The van der Waals surface area contributed by atoms with Crippen molar-refractivity contribution in [3.8, 4) is 17.6 Å². The largest absolute Gasteiger partial charge is 0.493 e. The number of nitrogens with zero attached hydrogens (tertiary/aromatic N) is 2. The van der Waals surface area contributed by atoms with Crippen molar-refractivity contribution in [3.05, 3.63) is 94.0 Å². The fraction of sp³-hybridized carbons (Fsp3) is 0.0800. The Morgan fingerprint density at radius 2 is 1.82 bits per heavy atom. The lowest BCUT2D eigenvalue weighted by molar-refractivity contribution is -0.117. The third-order valence-corrected chi connectivity index (χ3v) is 5.20. The van der Waals surface area contributed by atoms with E-state index in [2.05, 4.69) is 11.5 Å². The van der Waals surface area contributed by atoms with E-state index in [1.807, 2.05) is 6.07 Å². The standard InChI is InChI=1S/C25H18ClN3O4/c1-32-22-13-19(26)11-18(23(22)33-15-17-8-6-5-7-16(17)14-27)12-21-24(30)28-29(25(21)31)20-9-3-2-4-10-20/h2-13H,15H2,1H3,(H,28,30)/b21-12+. The molecule has 4 rings (SSSR count). The van der Waals surface area contributed by atoms with E-state index in [9.17, 15) is 14.9 Å². The van der Waals surface area contributed by atoms with Crippen LogP contribution in [0.2, 0.25) is 5.02 Å². The van der Waals surface area contributed by atoms with Crippen LogP contribution in [-0.4, -0.2) is 18.9 Å². The van der Waals surface area contributed by atoms with Gasteiger partial charge in [-0.1, -0.05) is 48.0 Å². The maximum atomic E-state index is 13.0. The van der Waals surface area contributed by atoms with Gasteiger partial charge in [-0.15, -0.1) is 0 Å². The molecule has 0 aliphatic carbocycles. The van der Waals surface area contributed by atoms with Crippen molar-refractivity contribution in [2.75, 3.05) is 12.1 Å². The lowest BCUT2D eigenvalue weighted by Gasteiger charge is -2.15. The van der Waals surface area contributed by atoms with Gasteiger partial charge >= 0.3 is 0 Å². The number of hydrogen-bond acceptors (Lipinski definition) is 5. The minimum atomic E-state index is -0.552. The van der Waals surface area contributed by atoms with E-state index in [0.29, 0.717) is 38.9 Å². The summed E-state index contributed by atoms with van der Waals surface area (Å²) in [5, 5.41) is 10.9. The second-order valence-electron chi connectivity index (χ2n) is 7.06. The molecule has 0 unspecified atom stereocenters. The average molecular weight is 460 g/mol. The Balaban J connectivity index is 1.71. The van der Waals surface area contributed by atoms with Crippen molar-refractivity contribution >= 4 is 35.2 Å². The quantitative estimate of drug-likeness (QED) is 0.439. The van der Waals surface area contributed by atoms with Crippen LogP contribution in [0.3, 0.4) is 0 Å². The van der Waals surface area contributed by atoms with Crippen LogP contribution in [0.4, 0.5) is 5.69 Å².